The van der Waals surface area contributed by atoms with Gasteiger partial charge in [0.05, 0.1) is 6.61 Å². The summed E-state index contributed by atoms with van der Waals surface area (Å²) in [6.45, 7) is 15.2. The Morgan fingerprint density at radius 3 is 1.64 bits per heavy atom. The van der Waals surface area contributed by atoms with Crippen molar-refractivity contribution >= 4 is 5.97 Å². The summed E-state index contributed by atoms with van der Waals surface area (Å²) in [5.41, 5.74) is 2.76. The summed E-state index contributed by atoms with van der Waals surface area (Å²) < 4.78 is 4.89. The Balaban J connectivity index is 0. The maximum absolute atomic E-state index is 10.5. The molecule has 0 fully saturated rings. The molecule has 2 atom stereocenters. The number of rotatable bonds is 11. The maximum atomic E-state index is 10.5. The highest BCUT2D eigenvalue weighted by Gasteiger charge is 2.02. The van der Waals surface area contributed by atoms with E-state index in [1.165, 1.54) is 30.9 Å². The van der Waals surface area contributed by atoms with E-state index in [-0.39, 0.29) is 5.97 Å². The highest BCUT2D eigenvalue weighted by atomic mass is 16.5. The van der Waals surface area contributed by atoms with Gasteiger partial charge in [0.1, 0.15) is 0 Å². The molecule has 0 rings (SSSR count). The molecule has 0 aliphatic carbocycles. The van der Waals surface area contributed by atoms with Gasteiger partial charge in [0.15, 0.2) is 0 Å². The summed E-state index contributed by atoms with van der Waals surface area (Å²) in [6.07, 6.45) is 11.1. The minimum absolute atomic E-state index is 0.179. The Kier molecular flexibility index (Phi) is 18.5. The molecule has 0 radical (unpaired) electrons. The van der Waals surface area contributed by atoms with Crippen molar-refractivity contribution in [3.8, 4) is 0 Å². The van der Waals surface area contributed by atoms with E-state index in [1.54, 1.807) is 0 Å². The molecule has 2 unspecified atom stereocenters. The Morgan fingerprint density at radius 2 is 1.28 bits per heavy atom. The average molecular weight is 355 g/mol. The SMILES string of the molecule is CC(=O)OCCC(C)CCC=C(C)C.CC(C)=CCCC(C)CCO. The van der Waals surface area contributed by atoms with Crippen LogP contribution in [0.2, 0.25) is 0 Å². The lowest BCUT2D eigenvalue weighted by molar-refractivity contribution is -0.141. The second-order valence-electron chi connectivity index (χ2n) is 7.57. The molecule has 0 bridgehead atoms. The summed E-state index contributed by atoms with van der Waals surface area (Å²) in [7, 11) is 0. The predicted molar refractivity (Wildman–Crippen MR) is 109 cm³/mol. The number of aliphatic hydroxyl groups is 1. The summed E-state index contributed by atoms with van der Waals surface area (Å²) in [4.78, 5) is 10.5. The Morgan fingerprint density at radius 1 is 0.840 bits per heavy atom. The van der Waals surface area contributed by atoms with E-state index in [0.717, 1.165) is 25.7 Å². The molecule has 0 saturated heterocycles. The molecule has 3 heteroatoms. The van der Waals surface area contributed by atoms with E-state index in [9.17, 15) is 4.79 Å². The van der Waals surface area contributed by atoms with Gasteiger partial charge in [-0.1, -0.05) is 37.1 Å². The summed E-state index contributed by atoms with van der Waals surface area (Å²) in [5.74, 6) is 1.11. The molecule has 0 amide bonds. The first-order chi connectivity index (χ1) is 11.7. The van der Waals surface area contributed by atoms with Crippen LogP contribution in [0.4, 0.5) is 0 Å². The van der Waals surface area contributed by atoms with Crippen LogP contribution in [0, 0.1) is 11.8 Å². The van der Waals surface area contributed by atoms with Gasteiger partial charge in [0, 0.05) is 13.5 Å². The van der Waals surface area contributed by atoms with E-state index in [2.05, 4.69) is 53.7 Å². The topological polar surface area (TPSA) is 46.5 Å². The number of aliphatic hydroxyl groups excluding tert-OH is 1. The number of ether oxygens (including phenoxy) is 1. The molecular formula is C22H42O3. The Hall–Kier alpha value is -1.09. The summed E-state index contributed by atoms with van der Waals surface area (Å²) in [6, 6.07) is 0. The minimum atomic E-state index is -0.179. The van der Waals surface area contributed by atoms with Crippen LogP contribution in [0.5, 0.6) is 0 Å². The third-order valence-electron chi connectivity index (χ3n) is 3.96. The van der Waals surface area contributed by atoms with Crippen LogP contribution in [0.15, 0.2) is 23.3 Å². The number of carbonyl (C=O) groups excluding carboxylic acids is 1. The first-order valence-electron chi connectivity index (χ1n) is 9.69. The van der Waals surface area contributed by atoms with Crippen LogP contribution in [-0.4, -0.2) is 24.3 Å². The first kappa shape index (κ1) is 26.1. The molecule has 1 N–H and O–H groups in total. The fourth-order valence-electron chi connectivity index (χ4n) is 2.23. The third kappa shape index (κ3) is 25.3. The summed E-state index contributed by atoms with van der Waals surface area (Å²) in [5, 5.41) is 8.63. The van der Waals surface area contributed by atoms with Crippen LogP contribution in [-0.2, 0) is 9.53 Å². The van der Waals surface area contributed by atoms with Crippen LogP contribution in [0.25, 0.3) is 0 Å². The molecule has 0 heterocycles. The zero-order valence-electron chi connectivity index (χ0n) is 17.7. The van der Waals surface area contributed by atoms with E-state index in [4.69, 9.17) is 9.84 Å². The van der Waals surface area contributed by atoms with Gasteiger partial charge in [0.2, 0.25) is 0 Å². The van der Waals surface area contributed by atoms with Gasteiger partial charge >= 0.3 is 5.97 Å². The number of esters is 1. The van der Waals surface area contributed by atoms with Crippen molar-refractivity contribution in [3.05, 3.63) is 23.3 Å². The third-order valence-corrected chi connectivity index (χ3v) is 3.96. The lowest BCUT2D eigenvalue weighted by Crippen LogP contribution is -2.05. The fourth-order valence-corrected chi connectivity index (χ4v) is 2.23. The fraction of sp³-hybridized carbons (Fsp3) is 0.773. The number of hydrogen-bond donors (Lipinski definition) is 1. The van der Waals surface area contributed by atoms with Gasteiger partial charge in [-0.05, 0) is 78.1 Å². The van der Waals surface area contributed by atoms with Gasteiger partial charge < -0.3 is 9.84 Å². The predicted octanol–water partition coefficient (Wildman–Crippen LogP) is 6.07. The molecule has 0 saturated carbocycles. The Labute approximate surface area is 156 Å². The van der Waals surface area contributed by atoms with Crippen molar-refractivity contribution in [2.75, 3.05) is 13.2 Å². The number of carbonyl (C=O) groups is 1. The first-order valence-corrected chi connectivity index (χ1v) is 9.69. The van der Waals surface area contributed by atoms with Gasteiger partial charge in [-0.15, -0.1) is 0 Å². The van der Waals surface area contributed by atoms with Gasteiger partial charge in [-0.25, -0.2) is 0 Å². The van der Waals surface area contributed by atoms with E-state index >= 15 is 0 Å². The molecule has 0 aliphatic rings. The van der Waals surface area contributed by atoms with Gasteiger partial charge in [-0.2, -0.15) is 0 Å². The lowest BCUT2D eigenvalue weighted by Gasteiger charge is -2.09. The second-order valence-corrected chi connectivity index (χ2v) is 7.57. The normalized spacial score (nSPS) is 12.3. The van der Waals surface area contributed by atoms with Crippen molar-refractivity contribution in [2.24, 2.45) is 11.8 Å². The van der Waals surface area contributed by atoms with Crippen molar-refractivity contribution < 1.29 is 14.6 Å². The second kappa shape index (κ2) is 17.7. The average Bonchev–Trinajstić information content (AvgIpc) is 2.47. The Bertz CT molecular complexity index is 375. The molecule has 0 aromatic carbocycles. The monoisotopic (exact) mass is 354 g/mol. The zero-order chi connectivity index (χ0) is 19.7. The molecule has 0 spiro atoms. The van der Waals surface area contributed by atoms with Crippen LogP contribution in [0.1, 0.15) is 87.0 Å². The van der Waals surface area contributed by atoms with Crippen molar-refractivity contribution in [3.63, 3.8) is 0 Å². The zero-order valence-corrected chi connectivity index (χ0v) is 17.7. The molecule has 0 aromatic heterocycles. The van der Waals surface area contributed by atoms with Crippen LogP contribution < -0.4 is 0 Å². The molecule has 0 aromatic rings. The van der Waals surface area contributed by atoms with Crippen LogP contribution >= 0.6 is 0 Å². The van der Waals surface area contributed by atoms with Gasteiger partial charge in [-0.3, -0.25) is 4.79 Å². The number of hydrogen-bond acceptors (Lipinski definition) is 3. The van der Waals surface area contributed by atoms with Gasteiger partial charge in [0.25, 0.3) is 0 Å². The van der Waals surface area contributed by atoms with E-state index in [1.807, 2.05) is 0 Å². The maximum Gasteiger partial charge on any atom is 0.302 e. The highest BCUT2D eigenvalue weighted by molar-refractivity contribution is 5.65. The van der Waals surface area contributed by atoms with Crippen LogP contribution in [0.3, 0.4) is 0 Å². The molecule has 25 heavy (non-hydrogen) atoms. The summed E-state index contributed by atoms with van der Waals surface area (Å²) >= 11 is 0. The van der Waals surface area contributed by atoms with Crippen molar-refractivity contribution in [2.45, 2.75) is 87.0 Å². The molecule has 148 valence electrons. The van der Waals surface area contributed by atoms with Crippen molar-refractivity contribution in [1.29, 1.82) is 0 Å². The highest BCUT2D eigenvalue weighted by Crippen LogP contribution is 2.12. The smallest absolute Gasteiger partial charge is 0.302 e. The molecular weight excluding hydrogens is 312 g/mol. The quantitative estimate of drug-likeness (QED) is 0.361. The van der Waals surface area contributed by atoms with Crippen molar-refractivity contribution in [1.82, 2.24) is 0 Å². The standard InChI is InChI=1S/C12H22O2.C10H20O/c1-10(2)6-5-7-11(3)8-9-14-12(4)13;1-9(2)5-4-6-10(3)7-8-11/h6,11H,5,7-9H2,1-4H3;5,10-11H,4,6-8H2,1-3H3. The lowest BCUT2D eigenvalue weighted by atomic mass is 10.0. The van der Waals surface area contributed by atoms with E-state index in [0.29, 0.717) is 25.0 Å². The molecule has 3 nitrogen and oxygen atoms in total. The minimum Gasteiger partial charge on any atom is -0.466 e. The number of allylic oxidation sites excluding steroid dienone is 4. The largest absolute Gasteiger partial charge is 0.466 e. The molecule has 0 aliphatic heterocycles. The van der Waals surface area contributed by atoms with E-state index < -0.39 is 0 Å².